The topological polar surface area (TPSA) is 57.4 Å². The summed E-state index contributed by atoms with van der Waals surface area (Å²) >= 11 is 0. The Kier molecular flexibility index (Phi) is 5.90. The van der Waals surface area contributed by atoms with Crippen molar-refractivity contribution in [1.82, 2.24) is 9.13 Å². The number of hydrogen-bond donors (Lipinski definition) is 0. The smallest absolute Gasteiger partial charge is 0.103 e. The van der Waals surface area contributed by atoms with E-state index in [2.05, 4.69) is 158 Å². The van der Waals surface area contributed by atoms with Crippen molar-refractivity contribution in [1.29, 1.82) is 10.5 Å². The van der Waals surface area contributed by atoms with Crippen LogP contribution in [0.2, 0.25) is 0 Å². The lowest BCUT2D eigenvalue weighted by atomic mass is 9.82. The third-order valence-electron chi connectivity index (χ3n) is 12.6. The number of nitrogens with zero attached hydrogens (tertiary/aromatic N) is 4. The molecule has 4 nitrogen and oxygen atoms in total. The largest absolute Gasteiger partial charge is 0.308 e. The van der Waals surface area contributed by atoms with Gasteiger partial charge in [-0.3, -0.25) is 0 Å². The van der Waals surface area contributed by atoms with Gasteiger partial charge in [-0.1, -0.05) is 113 Å². The highest BCUT2D eigenvalue weighted by Crippen LogP contribution is 2.53. The molecular formula is C50H34N4. The number of hydrogen-bond acceptors (Lipinski definition) is 2. The molecule has 9 aromatic rings. The molecular weight excluding hydrogens is 657 g/mol. The first kappa shape index (κ1) is 30.7. The molecule has 0 radical (unpaired) electrons. The van der Waals surface area contributed by atoms with Crippen LogP contribution in [0, 0.1) is 22.7 Å². The number of para-hydroxylation sites is 2. The molecule has 0 atom stereocenters. The van der Waals surface area contributed by atoms with Gasteiger partial charge in [-0.15, -0.1) is 0 Å². The summed E-state index contributed by atoms with van der Waals surface area (Å²) in [5.41, 5.74) is 16.0. The summed E-state index contributed by atoms with van der Waals surface area (Å²) in [6, 6.07) is 52.6. The molecule has 0 fully saturated rings. The van der Waals surface area contributed by atoms with Gasteiger partial charge >= 0.3 is 0 Å². The molecule has 0 amide bonds. The van der Waals surface area contributed by atoms with Crippen molar-refractivity contribution in [2.24, 2.45) is 0 Å². The van der Waals surface area contributed by atoms with Crippen LogP contribution in [0.3, 0.4) is 0 Å². The van der Waals surface area contributed by atoms with E-state index >= 15 is 0 Å². The number of benzene rings is 7. The van der Waals surface area contributed by atoms with Crippen LogP contribution in [0.15, 0.2) is 133 Å². The van der Waals surface area contributed by atoms with Crippen molar-refractivity contribution >= 4 is 43.6 Å². The highest BCUT2D eigenvalue weighted by Gasteiger charge is 2.38. The molecule has 2 aliphatic rings. The Labute approximate surface area is 313 Å². The van der Waals surface area contributed by atoms with Crippen LogP contribution < -0.4 is 0 Å². The minimum atomic E-state index is -0.142. The molecule has 11 rings (SSSR count). The summed E-state index contributed by atoms with van der Waals surface area (Å²) in [6.07, 6.45) is 0. The fraction of sp³-hybridized carbons (Fsp3) is 0.120. The summed E-state index contributed by atoms with van der Waals surface area (Å²) in [6.45, 7) is 9.21. The molecule has 0 spiro atoms. The highest BCUT2D eigenvalue weighted by atomic mass is 15.0. The van der Waals surface area contributed by atoms with Crippen molar-refractivity contribution in [2.75, 3.05) is 0 Å². The molecule has 0 N–H and O–H groups in total. The lowest BCUT2D eigenvalue weighted by Gasteiger charge is -2.21. The Hall–Kier alpha value is -6.88. The monoisotopic (exact) mass is 690 g/mol. The number of aromatic nitrogens is 2. The van der Waals surface area contributed by atoms with Gasteiger partial charge in [0.2, 0.25) is 0 Å². The van der Waals surface area contributed by atoms with E-state index in [0.29, 0.717) is 22.5 Å². The van der Waals surface area contributed by atoms with E-state index in [1.54, 1.807) is 0 Å². The maximum absolute atomic E-state index is 11.0. The molecule has 0 saturated carbocycles. The summed E-state index contributed by atoms with van der Waals surface area (Å²) in [4.78, 5) is 0. The zero-order valence-corrected chi connectivity index (χ0v) is 30.5. The zero-order valence-electron chi connectivity index (χ0n) is 30.5. The minimum Gasteiger partial charge on any atom is -0.308 e. The highest BCUT2D eigenvalue weighted by molar-refractivity contribution is 6.13. The van der Waals surface area contributed by atoms with Crippen molar-refractivity contribution < 1.29 is 0 Å². The van der Waals surface area contributed by atoms with E-state index < -0.39 is 0 Å². The second kappa shape index (κ2) is 10.4. The van der Waals surface area contributed by atoms with Crippen LogP contribution in [0.1, 0.15) is 61.1 Å². The maximum atomic E-state index is 11.0. The summed E-state index contributed by atoms with van der Waals surface area (Å²) < 4.78 is 4.39. The average Bonchev–Trinajstić information content (AvgIpc) is 3.84. The molecule has 0 aliphatic heterocycles. The molecule has 7 aromatic carbocycles. The second-order valence-corrected chi connectivity index (χ2v) is 16.0. The van der Waals surface area contributed by atoms with E-state index in [9.17, 15) is 10.5 Å². The van der Waals surface area contributed by atoms with Gasteiger partial charge in [-0.05, 0) is 93.0 Å². The van der Waals surface area contributed by atoms with Crippen LogP contribution in [0.4, 0.5) is 0 Å². The van der Waals surface area contributed by atoms with E-state index in [4.69, 9.17) is 0 Å². The first-order valence-corrected chi connectivity index (χ1v) is 18.6. The van der Waals surface area contributed by atoms with Crippen molar-refractivity contribution in [3.63, 3.8) is 0 Å². The van der Waals surface area contributed by atoms with Crippen molar-refractivity contribution in [3.05, 3.63) is 167 Å². The first-order valence-electron chi connectivity index (χ1n) is 18.6. The second-order valence-electron chi connectivity index (χ2n) is 16.0. The third-order valence-corrected chi connectivity index (χ3v) is 12.6. The summed E-state index contributed by atoms with van der Waals surface area (Å²) in [5.74, 6) is 0. The number of fused-ring (bicyclic) bond motifs is 12. The number of nitriles is 2. The molecule has 54 heavy (non-hydrogen) atoms. The number of rotatable bonds is 2. The lowest BCUT2D eigenvalue weighted by Crippen LogP contribution is -2.14. The Morgan fingerprint density at radius 1 is 0.389 bits per heavy atom. The molecule has 2 aromatic heterocycles. The van der Waals surface area contributed by atoms with Gasteiger partial charge in [0.25, 0.3) is 0 Å². The molecule has 0 unspecified atom stereocenters. The molecule has 2 heterocycles. The fourth-order valence-electron chi connectivity index (χ4n) is 10.0. The zero-order chi connectivity index (χ0) is 36.7. The van der Waals surface area contributed by atoms with Gasteiger partial charge < -0.3 is 9.13 Å². The molecule has 254 valence electrons. The molecule has 0 bridgehead atoms. The first-order chi connectivity index (χ1) is 26.2. The van der Waals surface area contributed by atoms with Crippen LogP contribution in [0.25, 0.3) is 77.2 Å². The quantitative estimate of drug-likeness (QED) is 0.181. The molecule has 4 heteroatoms. The van der Waals surface area contributed by atoms with Crippen LogP contribution in [-0.4, -0.2) is 9.13 Å². The normalized spacial score (nSPS) is 14.6. The van der Waals surface area contributed by atoms with Gasteiger partial charge in [0.1, 0.15) is 12.1 Å². The maximum Gasteiger partial charge on any atom is 0.103 e. The van der Waals surface area contributed by atoms with E-state index in [1.807, 2.05) is 24.3 Å². The van der Waals surface area contributed by atoms with E-state index in [-0.39, 0.29) is 10.8 Å². The summed E-state index contributed by atoms with van der Waals surface area (Å²) in [5, 5.41) is 26.6. The lowest BCUT2D eigenvalue weighted by molar-refractivity contribution is 0.661. The van der Waals surface area contributed by atoms with Gasteiger partial charge in [-0.25, -0.2) is 0 Å². The summed E-state index contributed by atoms with van der Waals surface area (Å²) in [7, 11) is 0. The Bertz CT molecular complexity index is 3020. The van der Waals surface area contributed by atoms with Crippen LogP contribution >= 0.6 is 0 Å². The van der Waals surface area contributed by atoms with Gasteiger partial charge in [0.15, 0.2) is 0 Å². The van der Waals surface area contributed by atoms with Gasteiger partial charge in [-0.2, -0.15) is 10.5 Å². The van der Waals surface area contributed by atoms with Crippen LogP contribution in [-0.2, 0) is 10.8 Å². The molecule has 2 aliphatic carbocycles. The van der Waals surface area contributed by atoms with Crippen molar-refractivity contribution in [3.8, 4) is 45.8 Å². The Morgan fingerprint density at radius 3 is 1.20 bits per heavy atom. The standard InChI is InChI=1S/C50H34N4/c1-49(2)39-17-9-5-13-29(39)33-25-47-35(23-41(33)49)31-15-7-11-19-43(31)53(47)45-21-22-46(38(28-52)37(45)27-51)54-44-20-12-8-16-32(44)36-24-42-34(26-48(36)54)30-14-6-10-18-40(30)50(42,3)4/h5-26H,1-4H3. The average molecular weight is 691 g/mol. The van der Waals surface area contributed by atoms with Crippen molar-refractivity contribution in [2.45, 2.75) is 38.5 Å². The van der Waals surface area contributed by atoms with Gasteiger partial charge in [0.05, 0.1) is 44.6 Å². The van der Waals surface area contributed by atoms with Gasteiger partial charge in [0, 0.05) is 32.4 Å². The SMILES string of the molecule is CC1(C)c2ccccc2-c2cc3c(cc21)c1ccccc1n3-c1ccc(-n2c3ccccc3c3cc4c(cc32)-c2ccccc2C4(C)C)c(C#N)c1C#N. The fourth-order valence-corrected chi connectivity index (χ4v) is 10.0. The molecule has 0 saturated heterocycles. The Balaban J connectivity index is 1.20. The third kappa shape index (κ3) is 3.70. The van der Waals surface area contributed by atoms with E-state index in [1.165, 1.54) is 44.5 Å². The van der Waals surface area contributed by atoms with Crippen LogP contribution in [0.5, 0.6) is 0 Å². The minimum absolute atomic E-state index is 0.142. The predicted octanol–water partition coefficient (Wildman–Crippen LogP) is 12.2. The van der Waals surface area contributed by atoms with E-state index in [0.717, 1.165) is 43.6 Å². The Morgan fingerprint density at radius 2 is 0.778 bits per heavy atom. The predicted molar refractivity (Wildman–Crippen MR) is 220 cm³/mol.